The van der Waals surface area contributed by atoms with E-state index in [9.17, 15) is 13.2 Å². The van der Waals surface area contributed by atoms with Crippen LogP contribution in [0.5, 0.6) is 0 Å². The van der Waals surface area contributed by atoms with Gasteiger partial charge in [-0.1, -0.05) is 30.3 Å². The maximum absolute atomic E-state index is 12.5. The molecule has 2 aliphatic rings. The summed E-state index contributed by atoms with van der Waals surface area (Å²) in [6.45, 7) is 3.70. The molecule has 148 valence electrons. The Labute approximate surface area is 166 Å². The van der Waals surface area contributed by atoms with Crippen molar-refractivity contribution >= 4 is 21.6 Å². The number of carbonyl (C=O) groups excluding carboxylic acids is 1. The Morgan fingerprint density at radius 1 is 1.04 bits per heavy atom. The van der Waals surface area contributed by atoms with Crippen LogP contribution < -0.4 is 9.62 Å². The molecular formula is C21H25N3O3S. The second-order valence-electron chi connectivity index (χ2n) is 7.48. The van der Waals surface area contributed by atoms with Crippen molar-refractivity contribution in [3.8, 4) is 0 Å². The number of fused-ring (bicyclic) bond motifs is 2. The molecule has 1 amide bonds. The minimum absolute atomic E-state index is 0.166. The van der Waals surface area contributed by atoms with Crippen LogP contribution in [0.15, 0.2) is 42.5 Å². The summed E-state index contributed by atoms with van der Waals surface area (Å²) < 4.78 is 25.2. The molecule has 0 unspecified atom stereocenters. The number of hydrogen-bond donors (Lipinski definition) is 1. The van der Waals surface area contributed by atoms with Crippen LogP contribution in [0, 0.1) is 0 Å². The highest BCUT2D eigenvalue weighted by Crippen LogP contribution is 2.30. The van der Waals surface area contributed by atoms with Crippen molar-refractivity contribution in [3.63, 3.8) is 0 Å². The third-order valence-electron chi connectivity index (χ3n) is 5.52. The first-order valence-electron chi connectivity index (χ1n) is 9.60. The maximum Gasteiger partial charge on any atom is 0.251 e. The third kappa shape index (κ3) is 3.91. The summed E-state index contributed by atoms with van der Waals surface area (Å²) >= 11 is 0. The van der Waals surface area contributed by atoms with Gasteiger partial charge < -0.3 is 5.32 Å². The summed E-state index contributed by atoms with van der Waals surface area (Å²) in [7, 11) is -3.32. The van der Waals surface area contributed by atoms with Crippen LogP contribution in [0.4, 0.5) is 5.69 Å². The second-order valence-corrected chi connectivity index (χ2v) is 9.39. The molecule has 2 aromatic carbocycles. The number of hydrogen-bond acceptors (Lipinski definition) is 4. The van der Waals surface area contributed by atoms with Crippen molar-refractivity contribution in [1.29, 1.82) is 0 Å². The van der Waals surface area contributed by atoms with Gasteiger partial charge in [0.05, 0.1) is 11.9 Å². The van der Waals surface area contributed by atoms with E-state index in [2.05, 4.69) is 34.5 Å². The van der Waals surface area contributed by atoms with E-state index < -0.39 is 10.0 Å². The molecule has 2 heterocycles. The summed E-state index contributed by atoms with van der Waals surface area (Å²) in [5.74, 6) is -0.166. The predicted octanol–water partition coefficient (Wildman–Crippen LogP) is 1.80. The first-order valence-corrected chi connectivity index (χ1v) is 11.4. The van der Waals surface area contributed by atoms with Crippen molar-refractivity contribution in [3.05, 3.63) is 64.7 Å². The molecule has 6 nitrogen and oxygen atoms in total. The minimum atomic E-state index is -3.32. The lowest BCUT2D eigenvalue weighted by Crippen LogP contribution is -2.37. The van der Waals surface area contributed by atoms with Crippen LogP contribution >= 0.6 is 0 Å². The van der Waals surface area contributed by atoms with Gasteiger partial charge in [-0.2, -0.15) is 0 Å². The van der Waals surface area contributed by atoms with Gasteiger partial charge in [0, 0.05) is 38.3 Å². The average molecular weight is 400 g/mol. The molecule has 0 saturated carbocycles. The normalized spacial score (nSPS) is 16.5. The van der Waals surface area contributed by atoms with E-state index in [4.69, 9.17) is 0 Å². The highest BCUT2D eigenvalue weighted by Gasteiger charge is 2.27. The molecule has 0 radical (unpaired) electrons. The summed E-state index contributed by atoms with van der Waals surface area (Å²) in [6, 6.07) is 13.8. The van der Waals surface area contributed by atoms with Gasteiger partial charge in [0.15, 0.2) is 0 Å². The van der Waals surface area contributed by atoms with Crippen LogP contribution in [0.25, 0.3) is 0 Å². The van der Waals surface area contributed by atoms with Gasteiger partial charge in [-0.25, -0.2) is 8.42 Å². The Morgan fingerprint density at radius 3 is 2.57 bits per heavy atom. The highest BCUT2D eigenvalue weighted by molar-refractivity contribution is 7.92. The number of sulfonamides is 1. The van der Waals surface area contributed by atoms with E-state index in [0.717, 1.165) is 31.6 Å². The largest absolute Gasteiger partial charge is 0.351 e. The summed E-state index contributed by atoms with van der Waals surface area (Å²) in [5, 5.41) is 2.97. The number of nitrogens with zero attached hydrogens (tertiary/aromatic N) is 2. The monoisotopic (exact) mass is 399 g/mol. The molecule has 28 heavy (non-hydrogen) atoms. The molecule has 0 atom stereocenters. The fraction of sp³-hybridized carbons (Fsp3) is 0.381. The standard InChI is InChI=1S/C21H25N3O3S/c1-28(26,27)24-12-9-17-6-7-18(14-20(17)24)21(25)22-10-13-23-11-8-16-4-2-3-5-19(16)15-23/h2-7,14H,8-13,15H2,1H3,(H,22,25). The molecule has 0 aromatic heterocycles. The zero-order valence-corrected chi connectivity index (χ0v) is 16.8. The summed E-state index contributed by atoms with van der Waals surface area (Å²) in [6.07, 6.45) is 2.92. The lowest BCUT2D eigenvalue weighted by molar-refractivity contribution is 0.0947. The average Bonchev–Trinajstić information content (AvgIpc) is 3.11. The molecule has 0 saturated heterocycles. The first-order chi connectivity index (χ1) is 13.4. The second kappa shape index (κ2) is 7.56. The van der Waals surface area contributed by atoms with Gasteiger partial charge in [0.2, 0.25) is 10.0 Å². The highest BCUT2D eigenvalue weighted by atomic mass is 32.2. The lowest BCUT2D eigenvalue weighted by atomic mass is 10.00. The van der Waals surface area contributed by atoms with Crippen LogP contribution in [-0.4, -0.2) is 51.7 Å². The predicted molar refractivity (Wildman–Crippen MR) is 110 cm³/mol. The molecule has 0 fully saturated rings. The smallest absolute Gasteiger partial charge is 0.251 e. The Bertz CT molecular complexity index is 1000. The zero-order valence-electron chi connectivity index (χ0n) is 16.0. The van der Waals surface area contributed by atoms with Gasteiger partial charge >= 0.3 is 0 Å². The maximum atomic E-state index is 12.5. The van der Waals surface area contributed by atoms with Crippen LogP contribution in [-0.2, 0) is 29.4 Å². The minimum Gasteiger partial charge on any atom is -0.351 e. The Balaban J connectivity index is 1.35. The van der Waals surface area contributed by atoms with Crippen molar-refractivity contribution in [2.24, 2.45) is 0 Å². The topological polar surface area (TPSA) is 69.7 Å². The number of rotatable bonds is 5. The third-order valence-corrected chi connectivity index (χ3v) is 6.70. The Hall–Kier alpha value is -2.38. The van der Waals surface area contributed by atoms with Crippen LogP contribution in [0.2, 0.25) is 0 Å². The van der Waals surface area contributed by atoms with E-state index in [1.165, 1.54) is 21.7 Å². The van der Waals surface area contributed by atoms with Crippen LogP contribution in [0.3, 0.4) is 0 Å². The van der Waals surface area contributed by atoms with Gasteiger partial charge in [-0.15, -0.1) is 0 Å². The first kappa shape index (κ1) is 19.0. The van der Waals surface area contributed by atoms with E-state index in [1.54, 1.807) is 12.1 Å². The molecule has 4 rings (SSSR count). The molecule has 0 bridgehead atoms. The summed E-state index contributed by atoms with van der Waals surface area (Å²) in [4.78, 5) is 14.9. The van der Waals surface area contributed by atoms with E-state index in [0.29, 0.717) is 30.8 Å². The van der Waals surface area contributed by atoms with Gasteiger partial charge in [0.25, 0.3) is 5.91 Å². The van der Waals surface area contributed by atoms with Crippen LogP contribution in [0.1, 0.15) is 27.0 Å². The van der Waals surface area contributed by atoms with Gasteiger partial charge in [-0.3, -0.25) is 14.0 Å². The SMILES string of the molecule is CS(=O)(=O)N1CCc2ccc(C(=O)NCCN3CCc4ccccc4C3)cc21. The van der Waals surface area contributed by atoms with Crippen molar-refractivity contribution in [2.75, 3.05) is 36.7 Å². The molecule has 1 N–H and O–H groups in total. The molecular weight excluding hydrogens is 374 g/mol. The van der Waals surface area contributed by atoms with Crippen molar-refractivity contribution in [2.45, 2.75) is 19.4 Å². The molecule has 7 heteroatoms. The fourth-order valence-electron chi connectivity index (χ4n) is 4.01. The summed E-state index contributed by atoms with van der Waals surface area (Å²) in [5.41, 5.74) is 4.87. The molecule has 2 aromatic rings. The van der Waals surface area contributed by atoms with E-state index in [-0.39, 0.29) is 5.91 Å². The number of carbonyl (C=O) groups is 1. The molecule has 0 aliphatic carbocycles. The Morgan fingerprint density at radius 2 is 1.79 bits per heavy atom. The van der Waals surface area contributed by atoms with Gasteiger partial charge in [0.1, 0.15) is 0 Å². The zero-order chi connectivity index (χ0) is 19.7. The van der Waals surface area contributed by atoms with E-state index in [1.807, 2.05) is 6.07 Å². The van der Waals surface area contributed by atoms with Gasteiger partial charge in [-0.05, 0) is 41.7 Å². The Kier molecular flexibility index (Phi) is 5.12. The fourth-order valence-corrected chi connectivity index (χ4v) is 4.96. The number of amides is 1. The molecule has 0 spiro atoms. The molecule has 2 aliphatic heterocycles. The number of anilines is 1. The van der Waals surface area contributed by atoms with Crippen molar-refractivity contribution in [1.82, 2.24) is 10.2 Å². The lowest BCUT2D eigenvalue weighted by Gasteiger charge is -2.28. The number of nitrogens with one attached hydrogen (secondary N) is 1. The quantitative estimate of drug-likeness (QED) is 0.832. The van der Waals surface area contributed by atoms with E-state index >= 15 is 0 Å². The van der Waals surface area contributed by atoms with Crippen molar-refractivity contribution < 1.29 is 13.2 Å². The number of benzene rings is 2.